The number of rotatable bonds is 4. The van der Waals surface area contributed by atoms with Crippen molar-refractivity contribution in [3.8, 4) is 11.5 Å². The molecule has 2 aromatic rings. The lowest BCUT2D eigenvalue weighted by molar-refractivity contribution is 0.0844. The molecule has 0 fully saturated rings. The van der Waals surface area contributed by atoms with Crippen LogP contribution in [0.25, 0.3) is 0 Å². The highest BCUT2D eigenvalue weighted by Gasteiger charge is 2.14. The third-order valence-electron chi connectivity index (χ3n) is 3.03. The Morgan fingerprint density at radius 2 is 1.70 bits per heavy atom. The van der Waals surface area contributed by atoms with E-state index in [0.29, 0.717) is 11.5 Å². The first kappa shape index (κ1) is 16.3. The summed E-state index contributed by atoms with van der Waals surface area (Å²) < 4.78 is 23.2. The van der Waals surface area contributed by atoms with Gasteiger partial charge in [-0.25, -0.2) is 4.39 Å². The van der Waals surface area contributed by atoms with Crippen molar-refractivity contribution in [1.82, 2.24) is 10.9 Å². The van der Waals surface area contributed by atoms with Crippen LogP contribution in [-0.4, -0.2) is 26.0 Å². The van der Waals surface area contributed by atoms with Crippen LogP contribution in [0.5, 0.6) is 11.5 Å². The number of amides is 2. The van der Waals surface area contributed by atoms with Crippen molar-refractivity contribution in [3.63, 3.8) is 0 Å². The van der Waals surface area contributed by atoms with E-state index in [2.05, 4.69) is 10.9 Å². The van der Waals surface area contributed by atoms with E-state index in [1.165, 1.54) is 38.5 Å². The van der Waals surface area contributed by atoms with Crippen LogP contribution >= 0.6 is 0 Å². The lowest BCUT2D eigenvalue weighted by atomic mass is 10.2. The molecule has 0 atom stereocenters. The van der Waals surface area contributed by atoms with Crippen LogP contribution in [0.3, 0.4) is 0 Å². The van der Waals surface area contributed by atoms with Gasteiger partial charge in [0, 0.05) is 11.6 Å². The molecule has 2 N–H and O–H groups in total. The lowest BCUT2D eigenvalue weighted by Gasteiger charge is -2.11. The zero-order valence-electron chi connectivity index (χ0n) is 12.6. The second-order valence-corrected chi connectivity index (χ2v) is 4.48. The van der Waals surface area contributed by atoms with E-state index in [1.54, 1.807) is 12.1 Å². The summed E-state index contributed by atoms with van der Waals surface area (Å²) in [4.78, 5) is 23.9. The van der Waals surface area contributed by atoms with Gasteiger partial charge in [0.2, 0.25) is 0 Å². The first-order valence-corrected chi connectivity index (χ1v) is 6.63. The minimum Gasteiger partial charge on any atom is -0.497 e. The Hall–Kier alpha value is -3.09. The number of hydrazine groups is 1. The standard InChI is InChI=1S/C16H15FN2O4/c1-22-12-6-7-13(14(9-12)23-2)16(21)19-18-15(20)10-4-3-5-11(17)8-10/h3-9H,1-2H3,(H,18,20)(H,19,21). The fourth-order valence-electron chi connectivity index (χ4n) is 1.87. The van der Waals surface area contributed by atoms with Gasteiger partial charge in [-0.05, 0) is 30.3 Å². The van der Waals surface area contributed by atoms with Crippen molar-refractivity contribution in [2.45, 2.75) is 0 Å². The molecule has 0 saturated heterocycles. The van der Waals surface area contributed by atoms with Crippen molar-refractivity contribution in [2.24, 2.45) is 0 Å². The first-order chi connectivity index (χ1) is 11.0. The summed E-state index contributed by atoms with van der Waals surface area (Å²) in [7, 11) is 2.91. The van der Waals surface area contributed by atoms with E-state index in [9.17, 15) is 14.0 Å². The Balaban J connectivity index is 2.06. The second kappa shape index (κ2) is 7.26. The summed E-state index contributed by atoms with van der Waals surface area (Å²) in [5.74, 6) is -0.926. The van der Waals surface area contributed by atoms with Crippen molar-refractivity contribution in [2.75, 3.05) is 14.2 Å². The van der Waals surface area contributed by atoms with Crippen LogP contribution in [0, 0.1) is 5.82 Å². The number of carbonyl (C=O) groups excluding carboxylic acids is 2. The third-order valence-corrected chi connectivity index (χ3v) is 3.03. The van der Waals surface area contributed by atoms with Crippen LogP contribution in [-0.2, 0) is 0 Å². The van der Waals surface area contributed by atoms with E-state index >= 15 is 0 Å². The van der Waals surface area contributed by atoms with E-state index in [4.69, 9.17) is 9.47 Å². The van der Waals surface area contributed by atoms with Gasteiger partial charge in [0.1, 0.15) is 17.3 Å². The van der Waals surface area contributed by atoms with E-state index < -0.39 is 17.6 Å². The molecule has 6 nitrogen and oxygen atoms in total. The highest BCUT2D eigenvalue weighted by atomic mass is 19.1. The normalized spacial score (nSPS) is 9.87. The van der Waals surface area contributed by atoms with E-state index in [0.717, 1.165) is 6.07 Å². The van der Waals surface area contributed by atoms with E-state index in [1.807, 2.05) is 0 Å². The molecule has 0 heterocycles. The van der Waals surface area contributed by atoms with Gasteiger partial charge in [-0.15, -0.1) is 0 Å². The summed E-state index contributed by atoms with van der Waals surface area (Å²) in [6, 6.07) is 9.75. The molecule has 0 aliphatic rings. The van der Waals surface area contributed by atoms with Gasteiger partial charge in [-0.2, -0.15) is 0 Å². The molecule has 23 heavy (non-hydrogen) atoms. The summed E-state index contributed by atoms with van der Waals surface area (Å²) >= 11 is 0. The third kappa shape index (κ3) is 3.97. The molecule has 2 rings (SSSR count). The number of benzene rings is 2. The van der Waals surface area contributed by atoms with Crippen LogP contribution < -0.4 is 20.3 Å². The van der Waals surface area contributed by atoms with Crippen LogP contribution in [0.4, 0.5) is 4.39 Å². The minimum absolute atomic E-state index is 0.0898. The molecule has 120 valence electrons. The zero-order chi connectivity index (χ0) is 16.8. The number of hydrogen-bond donors (Lipinski definition) is 2. The largest absolute Gasteiger partial charge is 0.497 e. The number of halogens is 1. The molecule has 0 radical (unpaired) electrons. The van der Waals surface area contributed by atoms with Crippen LogP contribution in [0.1, 0.15) is 20.7 Å². The number of ether oxygens (including phenoxy) is 2. The van der Waals surface area contributed by atoms with Gasteiger partial charge < -0.3 is 9.47 Å². The van der Waals surface area contributed by atoms with Crippen molar-refractivity contribution < 1.29 is 23.5 Å². The Kier molecular flexibility index (Phi) is 5.14. The molecule has 2 aromatic carbocycles. The first-order valence-electron chi connectivity index (χ1n) is 6.63. The summed E-state index contributed by atoms with van der Waals surface area (Å²) in [5, 5.41) is 0. The Labute approximate surface area is 132 Å². The van der Waals surface area contributed by atoms with Gasteiger partial charge in [0.05, 0.1) is 19.8 Å². The lowest BCUT2D eigenvalue weighted by Crippen LogP contribution is -2.41. The molecule has 7 heteroatoms. The molecule has 0 unspecified atom stereocenters. The number of methoxy groups -OCH3 is 2. The fourth-order valence-corrected chi connectivity index (χ4v) is 1.87. The number of carbonyl (C=O) groups is 2. The smallest absolute Gasteiger partial charge is 0.273 e. The monoisotopic (exact) mass is 318 g/mol. The second-order valence-electron chi connectivity index (χ2n) is 4.48. The highest BCUT2D eigenvalue weighted by Crippen LogP contribution is 2.24. The Bertz CT molecular complexity index is 734. The maximum absolute atomic E-state index is 13.1. The number of hydrogen-bond acceptors (Lipinski definition) is 4. The van der Waals surface area contributed by atoms with Crippen molar-refractivity contribution in [1.29, 1.82) is 0 Å². The molecular weight excluding hydrogens is 303 g/mol. The highest BCUT2D eigenvalue weighted by molar-refractivity contribution is 6.00. The summed E-state index contributed by atoms with van der Waals surface area (Å²) in [5.41, 5.74) is 4.76. The Morgan fingerprint density at radius 1 is 0.957 bits per heavy atom. The van der Waals surface area contributed by atoms with Gasteiger partial charge in [-0.1, -0.05) is 6.07 Å². The summed E-state index contributed by atoms with van der Waals surface area (Å²) in [6.07, 6.45) is 0. The van der Waals surface area contributed by atoms with Crippen molar-refractivity contribution >= 4 is 11.8 Å². The molecule has 0 spiro atoms. The van der Waals surface area contributed by atoms with Gasteiger partial charge >= 0.3 is 0 Å². The molecule has 0 aliphatic carbocycles. The molecule has 0 saturated carbocycles. The molecular formula is C16H15FN2O4. The number of nitrogens with one attached hydrogen (secondary N) is 2. The molecule has 0 bridgehead atoms. The van der Waals surface area contributed by atoms with Crippen LogP contribution in [0.15, 0.2) is 42.5 Å². The van der Waals surface area contributed by atoms with Crippen molar-refractivity contribution in [3.05, 3.63) is 59.4 Å². The maximum atomic E-state index is 13.1. The minimum atomic E-state index is -0.634. The SMILES string of the molecule is COc1ccc(C(=O)NNC(=O)c2cccc(F)c2)c(OC)c1. The predicted molar refractivity (Wildman–Crippen MR) is 80.9 cm³/mol. The molecule has 0 aliphatic heterocycles. The van der Waals surface area contributed by atoms with Gasteiger partial charge in [0.15, 0.2) is 0 Å². The zero-order valence-corrected chi connectivity index (χ0v) is 12.6. The average molecular weight is 318 g/mol. The van der Waals surface area contributed by atoms with Gasteiger partial charge in [0.25, 0.3) is 11.8 Å². The van der Waals surface area contributed by atoms with Crippen LogP contribution in [0.2, 0.25) is 0 Å². The predicted octanol–water partition coefficient (Wildman–Crippen LogP) is 1.92. The molecule has 0 aromatic heterocycles. The summed E-state index contributed by atoms with van der Waals surface area (Å²) in [6.45, 7) is 0. The fraction of sp³-hybridized carbons (Fsp3) is 0.125. The maximum Gasteiger partial charge on any atom is 0.273 e. The topological polar surface area (TPSA) is 76.7 Å². The molecule has 2 amide bonds. The average Bonchev–Trinajstić information content (AvgIpc) is 2.58. The van der Waals surface area contributed by atoms with Gasteiger partial charge in [-0.3, -0.25) is 20.4 Å². The Morgan fingerprint density at radius 3 is 2.35 bits per heavy atom. The van der Waals surface area contributed by atoms with E-state index in [-0.39, 0.29) is 11.1 Å². The quantitative estimate of drug-likeness (QED) is 0.845.